The fourth-order valence-corrected chi connectivity index (χ4v) is 1.91. The minimum atomic E-state index is -1.07. The Labute approximate surface area is 90.8 Å². The van der Waals surface area contributed by atoms with Crippen molar-refractivity contribution in [3.63, 3.8) is 0 Å². The normalized spacial score (nSPS) is 21.9. The smallest absolute Gasteiger partial charge is 0.326 e. The average molecular weight is 232 g/mol. The van der Waals surface area contributed by atoms with Crippen LogP contribution in [0.3, 0.4) is 0 Å². The Balaban J connectivity index is 2.47. The molecule has 2 unspecified atom stereocenters. The number of carbonyl (C=O) groups excluding carboxylic acids is 2. The molecule has 0 saturated carbocycles. The van der Waals surface area contributed by atoms with Crippen LogP contribution in [0.5, 0.6) is 0 Å². The summed E-state index contributed by atoms with van der Waals surface area (Å²) < 4.78 is 0. The second-order valence-electron chi connectivity index (χ2n) is 3.10. The predicted octanol–water partition coefficient (Wildman–Crippen LogP) is -0.209. The highest BCUT2D eigenvalue weighted by Gasteiger charge is 2.30. The minimum Gasteiger partial charge on any atom is -0.480 e. The van der Waals surface area contributed by atoms with E-state index in [0.717, 1.165) is 11.8 Å². The molecule has 0 aromatic heterocycles. The van der Waals surface area contributed by atoms with Crippen LogP contribution in [0.25, 0.3) is 0 Å². The molecule has 2 amide bonds. The molecule has 0 radical (unpaired) electrons. The summed E-state index contributed by atoms with van der Waals surface area (Å²) >= 11 is 1.02. The zero-order chi connectivity index (χ0) is 11.4. The van der Waals surface area contributed by atoms with E-state index in [-0.39, 0.29) is 5.24 Å². The first kappa shape index (κ1) is 11.8. The van der Waals surface area contributed by atoms with Gasteiger partial charge in [0.1, 0.15) is 12.1 Å². The first-order chi connectivity index (χ1) is 7.04. The Hall–Kier alpha value is -1.24. The fourth-order valence-electron chi connectivity index (χ4n) is 1.14. The SMILES string of the molecule is CCC(NC(=O)C1CSC(=O)N1)C(=O)O. The quantitative estimate of drug-likeness (QED) is 0.623. The van der Waals surface area contributed by atoms with Crippen molar-refractivity contribution in [3.05, 3.63) is 0 Å². The third kappa shape index (κ3) is 3.12. The monoisotopic (exact) mass is 232 g/mol. The average Bonchev–Trinajstić information content (AvgIpc) is 2.60. The molecule has 1 rings (SSSR count). The van der Waals surface area contributed by atoms with Crippen molar-refractivity contribution in [2.75, 3.05) is 5.75 Å². The number of nitrogens with one attached hydrogen (secondary N) is 2. The van der Waals surface area contributed by atoms with Crippen molar-refractivity contribution in [1.82, 2.24) is 10.6 Å². The number of carboxylic acid groups (broad SMARTS) is 1. The Morgan fingerprint density at radius 3 is 2.80 bits per heavy atom. The molecule has 15 heavy (non-hydrogen) atoms. The molecule has 1 aliphatic heterocycles. The van der Waals surface area contributed by atoms with E-state index in [4.69, 9.17) is 5.11 Å². The summed E-state index contributed by atoms with van der Waals surface area (Å²) in [7, 11) is 0. The predicted molar refractivity (Wildman–Crippen MR) is 54.6 cm³/mol. The van der Waals surface area contributed by atoms with Crippen LogP contribution in [-0.4, -0.2) is 40.1 Å². The molecule has 1 aliphatic rings. The molecule has 0 aromatic rings. The Morgan fingerprint density at radius 1 is 1.73 bits per heavy atom. The van der Waals surface area contributed by atoms with Crippen LogP contribution < -0.4 is 10.6 Å². The zero-order valence-electron chi connectivity index (χ0n) is 8.15. The number of amides is 2. The van der Waals surface area contributed by atoms with E-state index in [0.29, 0.717) is 12.2 Å². The van der Waals surface area contributed by atoms with Gasteiger partial charge in [0, 0.05) is 5.75 Å². The van der Waals surface area contributed by atoms with Crippen molar-refractivity contribution in [3.8, 4) is 0 Å². The van der Waals surface area contributed by atoms with Gasteiger partial charge in [-0.25, -0.2) is 4.79 Å². The summed E-state index contributed by atoms with van der Waals surface area (Å²) in [5.41, 5.74) is 0. The van der Waals surface area contributed by atoms with E-state index in [1.807, 2.05) is 0 Å². The van der Waals surface area contributed by atoms with Gasteiger partial charge in [0.05, 0.1) is 0 Å². The number of hydrogen-bond donors (Lipinski definition) is 3. The van der Waals surface area contributed by atoms with E-state index < -0.39 is 24.0 Å². The second kappa shape index (κ2) is 5.01. The highest BCUT2D eigenvalue weighted by atomic mass is 32.2. The lowest BCUT2D eigenvalue weighted by molar-refractivity contribution is -0.142. The number of aliphatic carboxylic acids is 1. The van der Waals surface area contributed by atoms with Crippen molar-refractivity contribution in [1.29, 1.82) is 0 Å². The molecule has 0 spiro atoms. The van der Waals surface area contributed by atoms with Gasteiger partial charge >= 0.3 is 5.97 Å². The molecule has 7 heteroatoms. The fraction of sp³-hybridized carbons (Fsp3) is 0.625. The van der Waals surface area contributed by atoms with Crippen LogP contribution in [0.2, 0.25) is 0 Å². The van der Waals surface area contributed by atoms with Gasteiger partial charge in [-0.1, -0.05) is 18.7 Å². The summed E-state index contributed by atoms with van der Waals surface area (Å²) in [6.07, 6.45) is 0.314. The lowest BCUT2D eigenvalue weighted by Crippen LogP contribution is -2.49. The summed E-state index contributed by atoms with van der Waals surface area (Å²) in [5.74, 6) is -1.16. The Bertz CT molecular complexity index is 294. The van der Waals surface area contributed by atoms with E-state index >= 15 is 0 Å². The maximum atomic E-state index is 11.5. The highest BCUT2D eigenvalue weighted by Crippen LogP contribution is 2.13. The van der Waals surface area contributed by atoms with Gasteiger partial charge in [0.2, 0.25) is 5.91 Å². The first-order valence-corrected chi connectivity index (χ1v) is 5.49. The molecule has 1 heterocycles. The van der Waals surface area contributed by atoms with Gasteiger partial charge in [-0.3, -0.25) is 9.59 Å². The third-order valence-corrected chi connectivity index (χ3v) is 2.89. The molecule has 3 N–H and O–H groups in total. The molecule has 0 bridgehead atoms. The van der Waals surface area contributed by atoms with Crippen LogP contribution in [-0.2, 0) is 9.59 Å². The Morgan fingerprint density at radius 2 is 2.40 bits per heavy atom. The number of rotatable bonds is 4. The van der Waals surface area contributed by atoms with Crippen LogP contribution in [0, 0.1) is 0 Å². The summed E-state index contributed by atoms with van der Waals surface area (Å²) in [4.78, 5) is 32.9. The molecule has 0 aliphatic carbocycles. The third-order valence-electron chi connectivity index (χ3n) is 2.01. The van der Waals surface area contributed by atoms with Gasteiger partial charge in [0.15, 0.2) is 0 Å². The zero-order valence-corrected chi connectivity index (χ0v) is 8.97. The summed E-state index contributed by atoms with van der Waals surface area (Å²) in [6, 6.07) is -1.50. The molecule has 6 nitrogen and oxygen atoms in total. The van der Waals surface area contributed by atoms with E-state index in [1.54, 1.807) is 6.92 Å². The lowest BCUT2D eigenvalue weighted by atomic mass is 10.2. The molecule has 1 fully saturated rings. The van der Waals surface area contributed by atoms with Crippen molar-refractivity contribution in [2.24, 2.45) is 0 Å². The van der Waals surface area contributed by atoms with Crippen molar-refractivity contribution >= 4 is 28.9 Å². The van der Waals surface area contributed by atoms with Gasteiger partial charge in [-0.2, -0.15) is 0 Å². The molecule has 84 valence electrons. The lowest BCUT2D eigenvalue weighted by Gasteiger charge is -2.15. The molecule has 1 saturated heterocycles. The maximum Gasteiger partial charge on any atom is 0.326 e. The Kier molecular flexibility index (Phi) is 3.96. The number of carboxylic acids is 1. The van der Waals surface area contributed by atoms with Crippen LogP contribution in [0.15, 0.2) is 0 Å². The van der Waals surface area contributed by atoms with Crippen LogP contribution in [0.4, 0.5) is 4.79 Å². The maximum absolute atomic E-state index is 11.5. The topological polar surface area (TPSA) is 95.5 Å². The van der Waals surface area contributed by atoms with Gasteiger partial charge in [-0.15, -0.1) is 0 Å². The molecular weight excluding hydrogens is 220 g/mol. The summed E-state index contributed by atoms with van der Waals surface area (Å²) in [6.45, 7) is 1.67. The van der Waals surface area contributed by atoms with Gasteiger partial charge < -0.3 is 15.7 Å². The number of hydrogen-bond acceptors (Lipinski definition) is 4. The number of carbonyl (C=O) groups is 3. The second-order valence-corrected chi connectivity index (χ2v) is 4.10. The van der Waals surface area contributed by atoms with Gasteiger partial charge in [-0.05, 0) is 6.42 Å². The van der Waals surface area contributed by atoms with Crippen LogP contribution >= 0.6 is 11.8 Å². The van der Waals surface area contributed by atoms with Gasteiger partial charge in [0.25, 0.3) is 5.24 Å². The van der Waals surface area contributed by atoms with Crippen LogP contribution in [0.1, 0.15) is 13.3 Å². The molecule has 0 aromatic carbocycles. The molecular formula is C8H12N2O4S. The largest absolute Gasteiger partial charge is 0.480 e. The van der Waals surface area contributed by atoms with Crippen molar-refractivity contribution < 1.29 is 19.5 Å². The van der Waals surface area contributed by atoms with E-state index in [9.17, 15) is 14.4 Å². The minimum absolute atomic E-state index is 0.251. The highest BCUT2D eigenvalue weighted by molar-refractivity contribution is 8.14. The van der Waals surface area contributed by atoms with E-state index in [1.165, 1.54) is 0 Å². The molecule has 2 atom stereocenters. The number of thioether (sulfide) groups is 1. The van der Waals surface area contributed by atoms with Crippen molar-refractivity contribution in [2.45, 2.75) is 25.4 Å². The first-order valence-electron chi connectivity index (χ1n) is 4.51. The summed E-state index contributed by atoms with van der Waals surface area (Å²) in [5, 5.41) is 13.3. The standard InChI is InChI=1S/C8H12N2O4S/c1-2-4(7(12)13)9-6(11)5-3-15-8(14)10-5/h4-5H,2-3H2,1H3,(H,9,11)(H,10,14)(H,12,13). The van der Waals surface area contributed by atoms with E-state index in [2.05, 4.69) is 10.6 Å².